The van der Waals surface area contributed by atoms with Crippen LogP contribution in [-0.2, 0) is 0 Å². The number of anilines is 1. The van der Waals surface area contributed by atoms with Gasteiger partial charge in [0.1, 0.15) is 0 Å². The van der Waals surface area contributed by atoms with Crippen LogP contribution in [-0.4, -0.2) is 14.6 Å². The van der Waals surface area contributed by atoms with Gasteiger partial charge in [-0.25, -0.2) is 9.50 Å². The van der Waals surface area contributed by atoms with Crippen LogP contribution in [0.4, 0.5) is 5.69 Å². The predicted molar refractivity (Wildman–Crippen MR) is 51.5 cm³/mol. The predicted octanol–water partition coefficient (Wildman–Crippen LogP) is 1.40. The van der Waals surface area contributed by atoms with Crippen LogP contribution in [0.25, 0.3) is 16.7 Å². The number of rotatable bonds is 0. The van der Waals surface area contributed by atoms with E-state index >= 15 is 0 Å². The standard InChI is InChI=1S/C9H8N4/c10-6-5-11-13-8-4-2-1-3-7(8)12-9(6)13/h1-5,11H,10H2. The lowest BCUT2D eigenvalue weighted by atomic mass is 10.3. The second kappa shape index (κ2) is 2.04. The minimum Gasteiger partial charge on any atom is -0.394 e. The SMILES string of the molecule is Nc1c[nH]n2c1nc1ccccc12. The molecular weight excluding hydrogens is 164 g/mol. The first-order chi connectivity index (χ1) is 6.36. The van der Waals surface area contributed by atoms with E-state index in [0.717, 1.165) is 16.7 Å². The fourth-order valence-electron chi connectivity index (χ4n) is 1.55. The summed E-state index contributed by atoms with van der Waals surface area (Å²) in [5.41, 5.74) is 9.20. The highest BCUT2D eigenvalue weighted by molar-refractivity contribution is 5.83. The van der Waals surface area contributed by atoms with Gasteiger partial charge >= 0.3 is 0 Å². The molecule has 0 aliphatic rings. The van der Waals surface area contributed by atoms with Gasteiger partial charge in [-0.2, -0.15) is 0 Å². The molecular formula is C9H8N4. The summed E-state index contributed by atoms with van der Waals surface area (Å²) in [6.07, 6.45) is 1.74. The fourth-order valence-corrected chi connectivity index (χ4v) is 1.55. The van der Waals surface area contributed by atoms with Crippen molar-refractivity contribution in [2.45, 2.75) is 0 Å². The first-order valence-electron chi connectivity index (χ1n) is 4.06. The first-order valence-corrected chi connectivity index (χ1v) is 4.06. The van der Waals surface area contributed by atoms with Crippen LogP contribution in [0.1, 0.15) is 0 Å². The van der Waals surface area contributed by atoms with Gasteiger partial charge in [0.05, 0.1) is 16.7 Å². The molecule has 4 nitrogen and oxygen atoms in total. The first kappa shape index (κ1) is 6.54. The molecule has 3 rings (SSSR count). The topological polar surface area (TPSA) is 59.1 Å². The molecule has 3 aromatic rings. The number of benzene rings is 1. The number of nitrogens with zero attached hydrogens (tertiary/aromatic N) is 2. The minimum atomic E-state index is 0.677. The molecule has 0 aliphatic heterocycles. The summed E-state index contributed by atoms with van der Waals surface area (Å²) in [4.78, 5) is 4.38. The molecule has 4 heteroatoms. The van der Waals surface area contributed by atoms with E-state index in [2.05, 4.69) is 10.1 Å². The number of nitrogen functional groups attached to an aromatic ring is 1. The molecule has 3 N–H and O–H groups in total. The zero-order chi connectivity index (χ0) is 8.84. The van der Waals surface area contributed by atoms with Gasteiger partial charge in [-0.1, -0.05) is 12.1 Å². The summed E-state index contributed by atoms with van der Waals surface area (Å²) in [5.74, 6) is 0. The van der Waals surface area contributed by atoms with Crippen LogP contribution in [0.3, 0.4) is 0 Å². The Bertz CT molecular complexity index is 575. The van der Waals surface area contributed by atoms with Crippen molar-refractivity contribution in [1.29, 1.82) is 0 Å². The largest absolute Gasteiger partial charge is 0.394 e. The summed E-state index contributed by atoms with van der Waals surface area (Å²) in [7, 11) is 0. The van der Waals surface area contributed by atoms with Crippen LogP contribution >= 0.6 is 0 Å². The number of hydrogen-bond donors (Lipinski definition) is 2. The Hall–Kier alpha value is -1.97. The van der Waals surface area contributed by atoms with E-state index < -0.39 is 0 Å². The van der Waals surface area contributed by atoms with Crippen LogP contribution in [0.15, 0.2) is 30.5 Å². The van der Waals surface area contributed by atoms with Gasteiger partial charge in [0, 0.05) is 6.20 Å². The van der Waals surface area contributed by atoms with E-state index in [1.54, 1.807) is 6.20 Å². The molecule has 0 saturated carbocycles. The van der Waals surface area contributed by atoms with Crippen molar-refractivity contribution in [3.05, 3.63) is 30.5 Å². The maximum atomic E-state index is 5.73. The average molecular weight is 172 g/mol. The van der Waals surface area contributed by atoms with Crippen molar-refractivity contribution in [3.8, 4) is 0 Å². The Labute approximate surface area is 74.0 Å². The van der Waals surface area contributed by atoms with Crippen molar-refractivity contribution in [1.82, 2.24) is 14.6 Å². The van der Waals surface area contributed by atoms with Gasteiger partial charge in [-0.3, -0.25) is 5.10 Å². The Morgan fingerprint density at radius 2 is 2.15 bits per heavy atom. The van der Waals surface area contributed by atoms with Gasteiger partial charge in [0.25, 0.3) is 0 Å². The van der Waals surface area contributed by atoms with E-state index in [1.165, 1.54) is 0 Å². The molecule has 64 valence electrons. The van der Waals surface area contributed by atoms with Crippen molar-refractivity contribution >= 4 is 22.4 Å². The normalized spacial score (nSPS) is 11.4. The number of hydrogen-bond acceptors (Lipinski definition) is 2. The minimum absolute atomic E-state index is 0.677. The second-order valence-electron chi connectivity index (χ2n) is 2.99. The van der Waals surface area contributed by atoms with Crippen LogP contribution in [0, 0.1) is 0 Å². The molecule has 1 aromatic carbocycles. The Morgan fingerprint density at radius 1 is 1.31 bits per heavy atom. The number of H-pyrrole nitrogens is 1. The monoisotopic (exact) mass is 172 g/mol. The highest BCUT2D eigenvalue weighted by Crippen LogP contribution is 2.18. The zero-order valence-corrected chi connectivity index (χ0v) is 6.86. The summed E-state index contributed by atoms with van der Waals surface area (Å²) in [6.45, 7) is 0. The quantitative estimate of drug-likeness (QED) is 0.538. The third-order valence-corrected chi connectivity index (χ3v) is 2.17. The number of para-hydroxylation sites is 2. The number of aromatic nitrogens is 3. The van der Waals surface area contributed by atoms with Gasteiger partial charge in [0.15, 0.2) is 5.65 Å². The Balaban J connectivity index is 2.64. The summed E-state index contributed by atoms with van der Waals surface area (Å²) < 4.78 is 1.88. The van der Waals surface area contributed by atoms with Gasteiger partial charge < -0.3 is 5.73 Å². The third-order valence-electron chi connectivity index (χ3n) is 2.17. The smallest absolute Gasteiger partial charge is 0.177 e. The molecule has 13 heavy (non-hydrogen) atoms. The van der Waals surface area contributed by atoms with E-state index in [9.17, 15) is 0 Å². The molecule has 2 aromatic heterocycles. The highest BCUT2D eigenvalue weighted by atomic mass is 15.3. The number of nitrogens with one attached hydrogen (secondary N) is 1. The Morgan fingerprint density at radius 3 is 3.08 bits per heavy atom. The maximum Gasteiger partial charge on any atom is 0.177 e. The third kappa shape index (κ3) is 0.717. The molecule has 0 atom stereocenters. The molecule has 0 saturated heterocycles. The van der Waals surface area contributed by atoms with E-state index in [-0.39, 0.29) is 0 Å². The molecule has 0 amide bonds. The lowest BCUT2D eigenvalue weighted by Gasteiger charge is -1.86. The van der Waals surface area contributed by atoms with Gasteiger partial charge in [-0.05, 0) is 12.1 Å². The van der Waals surface area contributed by atoms with Crippen molar-refractivity contribution in [2.75, 3.05) is 5.73 Å². The van der Waals surface area contributed by atoms with Gasteiger partial charge in [0.2, 0.25) is 0 Å². The van der Waals surface area contributed by atoms with E-state index in [1.807, 2.05) is 28.8 Å². The zero-order valence-electron chi connectivity index (χ0n) is 6.86. The summed E-state index contributed by atoms with van der Waals surface area (Å²) in [5, 5.41) is 3.04. The van der Waals surface area contributed by atoms with Crippen molar-refractivity contribution in [3.63, 3.8) is 0 Å². The van der Waals surface area contributed by atoms with E-state index in [4.69, 9.17) is 5.73 Å². The number of imidazole rings is 1. The van der Waals surface area contributed by atoms with Gasteiger partial charge in [-0.15, -0.1) is 0 Å². The number of fused-ring (bicyclic) bond motifs is 3. The van der Waals surface area contributed by atoms with Crippen LogP contribution < -0.4 is 5.73 Å². The lowest BCUT2D eigenvalue weighted by Crippen LogP contribution is -1.82. The Kier molecular flexibility index (Phi) is 1.02. The summed E-state index contributed by atoms with van der Waals surface area (Å²) in [6, 6.07) is 7.92. The molecule has 2 heterocycles. The average Bonchev–Trinajstić information content (AvgIpc) is 2.67. The molecule has 0 radical (unpaired) electrons. The molecule has 0 fully saturated rings. The second-order valence-corrected chi connectivity index (χ2v) is 2.99. The van der Waals surface area contributed by atoms with Crippen molar-refractivity contribution < 1.29 is 0 Å². The van der Waals surface area contributed by atoms with Crippen molar-refractivity contribution in [2.24, 2.45) is 0 Å². The molecule has 0 unspecified atom stereocenters. The van der Waals surface area contributed by atoms with Crippen LogP contribution in [0.2, 0.25) is 0 Å². The molecule has 0 aliphatic carbocycles. The fraction of sp³-hybridized carbons (Fsp3) is 0. The number of nitrogens with two attached hydrogens (primary N) is 1. The highest BCUT2D eigenvalue weighted by Gasteiger charge is 2.06. The molecule has 0 bridgehead atoms. The van der Waals surface area contributed by atoms with E-state index in [0.29, 0.717) is 5.69 Å². The maximum absolute atomic E-state index is 5.73. The number of aromatic amines is 1. The summed E-state index contributed by atoms with van der Waals surface area (Å²) >= 11 is 0. The lowest BCUT2D eigenvalue weighted by molar-refractivity contribution is 1.01. The van der Waals surface area contributed by atoms with Crippen LogP contribution in [0.5, 0.6) is 0 Å². The molecule has 0 spiro atoms.